The van der Waals surface area contributed by atoms with Gasteiger partial charge in [0, 0.05) is 18.0 Å². The van der Waals surface area contributed by atoms with Crippen LogP contribution in [0.15, 0.2) is 18.2 Å². The number of aliphatic carboxylic acids is 1. The molecule has 4 nitrogen and oxygen atoms in total. The average Bonchev–Trinajstić information content (AvgIpc) is 2.34. The zero-order chi connectivity index (χ0) is 16.0. The second-order valence-electron chi connectivity index (χ2n) is 5.43. The fraction of sp³-hybridized carbons (Fsp3) is 0.467. The molecule has 0 fully saturated rings. The minimum atomic E-state index is -0.862. The average molecular weight is 332 g/mol. The highest BCUT2D eigenvalue weighted by molar-refractivity contribution is 6.36. The highest BCUT2D eigenvalue weighted by Crippen LogP contribution is 2.21. The van der Waals surface area contributed by atoms with Crippen LogP contribution in [0.3, 0.4) is 0 Å². The van der Waals surface area contributed by atoms with Crippen molar-refractivity contribution in [2.75, 3.05) is 6.54 Å². The van der Waals surface area contributed by atoms with Crippen LogP contribution in [0.1, 0.15) is 37.0 Å². The van der Waals surface area contributed by atoms with E-state index in [1.807, 2.05) is 13.8 Å². The lowest BCUT2D eigenvalue weighted by atomic mass is 9.94. The summed E-state index contributed by atoms with van der Waals surface area (Å²) in [6, 6.07) is 4.64. The summed E-state index contributed by atoms with van der Waals surface area (Å²) in [5, 5.41) is 12.4. The van der Waals surface area contributed by atoms with Gasteiger partial charge in [0.1, 0.15) is 0 Å². The maximum Gasteiger partial charge on any atom is 0.303 e. The topological polar surface area (TPSA) is 66.4 Å². The first-order valence-corrected chi connectivity index (χ1v) is 7.50. The van der Waals surface area contributed by atoms with Crippen LogP contribution < -0.4 is 5.32 Å². The number of carbonyl (C=O) groups excluding carboxylic acids is 1. The van der Waals surface area contributed by atoms with Crippen LogP contribution in [0.5, 0.6) is 0 Å². The second-order valence-corrected chi connectivity index (χ2v) is 6.27. The van der Waals surface area contributed by atoms with Gasteiger partial charge in [-0.1, -0.05) is 37.0 Å². The lowest BCUT2D eigenvalue weighted by Gasteiger charge is -2.18. The number of rotatable bonds is 7. The molecular weight excluding hydrogens is 313 g/mol. The van der Waals surface area contributed by atoms with E-state index in [0.717, 1.165) is 6.42 Å². The molecule has 0 aliphatic carbocycles. The summed E-state index contributed by atoms with van der Waals surface area (Å²) in [6.07, 6.45) is 0.772. The minimum absolute atomic E-state index is 0.0345. The standard InChI is InChI=1S/C15H19Cl2NO3/c1-9(2)5-10(6-14(19)20)8-18-15(21)12-4-3-11(16)7-13(12)17/h3-4,7,9-10H,5-6,8H2,1-2H3,(H,18,21)(H,19,20)/t10-/m0/s1. The van der Waals surface area contributed by atoms with E-state index in [1.165, 1.54) is 6.07 Å². The first kappa shape index (κ1) is 17.8. The predicted octanol–water partition coefficient (Wildman–Crippen LogP) is 3.86. The molecule has 0 heterocycles. The lowest BCUT2D eigenvalue weighted by Crippen LogP contribution is -2.31. The fourth-order valence-corrected chi connectivity index (χ4v) is 2.65. The van der Waals surface area contributed by atoms with Gasteiger partial charge in [-0.2, -0.15) is 0 Å². The van der Waals surface area contributed by atoms with Crippen molar-refractivity contribution in [3.05, 3.63) is 33.8 Å². The predicted molar refractivity (Wildman–Crippen MR) is 84.0 cm³/mol. The quantitative estimate of drug-likeness (QED) is 0.797. The number of carboxylic acids is 1. The Morgan fingerprint density at radius 1 is 1.29 bits per heavy atom. The molecule has 0 unspecified atom stereocenters. The zero-order valence-corrected chi connectivity index (χ0v) is 13.5. The first-order chi connectivity index (χ1) is 9.79. The third-order valence-corrected chi connectivity index (χ3v) is 3.54. The molecule has 116 valence electrons. The summed E-state index contributed by atoms with van der Waals surface area (Å²) >= 11 is 11.8. The summed E-state index contributed by atoms with van der Waals surface area (Å²) in [5.74, 6) is -0.918. The van der Waals surface area contributed by atoms with Gasteiger partial charge in [-0.15, -0.1) is 0 Å². The molecule has 0 spiro atoms. The summed E-state index contributed by atoms with van der Waals surface area (Å²) < 4.78 is 0. The zero-order valence-electron chi connectivity index (χ0n) is 12.0. The van der Waals surface area contributed by atoms with Gasteiger partial charge < -0.3 is 10.4 Å². The van der Waals surface area contributed by atoms with Gasteiger partial charge in [-0.05, 0) is 36.5 Å². The molecule has 0 aliphatic heterocycles. The van der Waals surface area contributed by atoms with E-state index in [1.54, 1.807) is 12.1 Å². The van der Waals surface area contributed by atoms with Crippen molar-refractivity contribution < 1.29 is 14.7 Å². The maximum atomic E-state index is 12.1. The van der Waals surface area contributed by atoms with Crippen LogP contribution in [0.2, 0.25) is 10.0 Å². The number of nitrogens with one attached hydrogen (secondary N) is 1. The van der Waals surface area contributed by atoms with Gasteiger partial charge >= 0.3 is 5.97 Å². The van der Waals surface area contributed by atoms with Gasteiger partial charge in [0.15, 0.2) is 0 Å². The Bertz CT molecular complexity index is 518. The molecule has 1 amide bonds. The normalized spacial score (nSPS) is 12.2. The van der Waals surface area contributed by atoms with Crippen molar-refractivity contribution in [2.24, 2.45) is 11.8 Å². The molecule has 0 saturated carbocycles. The molecule has 0 aromatic heterocycles. The second kappa shape index (κ2) is 8.25. The lowest BCUT2D eigenvalue weighted by molar-refractivity contribution is -0.138. The monoisotopic (exact) mass is 331 g/mol. The minimum Gasteiger partial charge on any atom is -0.481 e. The van der Waals surface area contributed by atoms with E-state index in [4.69, 9.17) is 28.3 Å². The number of carbonyl (C=O) groups is 2. The summed E-state index contributed by atoms with van der Waals surface area (Å²) in [6.45, 7) is 4.35. The summed E-state index contributed by atoms with van der Waals surface area (Å²) in [7, 11) is 0. The Morgan fingerprint density at radius 2 is 1.95 bits per heavy atom. The van der Waals surface area contributed by atoms with E-state index in [2.05, 4.69) is 5.32 Å². The van der Waals surface area contributed by atoms with Crippen LogP contribution in [-0.2, 0) is 4.79 Å². The largest absolute Gasteiger partial charge is 0.481 e. The molecule has 1 atom stereocenters. The van der Waals surface area contributed by atoms with Crippen molar-refractivity contribution in [2.45, 2.75) is 26.7 Å². The van der Waals surface area contributed by atoms with Crippen molar-refractivity contribution in [1.82, 2.24) is 5.32 Å². The number of benzene rings is 1. The van der Waals surface area contributed by atoms with E-state index in [-0.39, 0.29) is 23.3 Å². The third-order valence-electron chi connectivity index (χ3n) is 3.00. The molecular formula is C15H19Cl2NO3. The Hall–Kier alpha value is -1.26. The Kier molecular flexibility index (Phi) is 6.99. The maximum absolute atomic E-state index is 12.1. The third kappa shape index (κ3) is 6.36. The van der Waals surface area contributed by atoms with Crippen LogP contribution >= 0.6 is 23.2 Å². The summed E-state index contributed by atoms with van der Waals surface area (Å²) in [5.41, 5.74) is 0.333. The number of carboxylic acid groups (broad SMARTS) is 1. The van der Waals surface area contributed by atoms with Crippen LogP contribution in [0, 0.1) is 11.8 Å². The molecule has 1 aromatic carbocycles. The van der Waals surface area contributed by atoms with Gasteiger partial charge in [0.25, 0.3) is 5.91 Å². The van der Waals surface area contributed by atoms with Crippen molar-refractivity contribution in [3.63, 3.8) is 0 Å². The molecule has 1 aromatic rings. The fourth-order valence-electron chi connectivity index (χ4n) is 2.16. The molecule has 0 aliphatic rings. The first-order valence-electron chi connectivity index (χ1n) is 6.74. The van der Waals surface area contributed by atoms with Crippen molar-refractivity contribution in [1.29, 1.82) is 0 Å². The van der Waals surface area contributed by atoms with Crippen molar-refractivity contribution >= 4 is 35.1 Å². The Balaban J connectivity index is 2.65. The van der Waals surface area contributed by atoms with Crippen molar-refractivity contribution in [3.8, 4) is 0 Å². The van der Waals surface area contributed by atoms with E-state index >= 15 is 0 Å². The van der Waals surface area contributed by atoms with Gasteiger partial charge in [-0.3, -0.25) is 9.59 Å². The molecule has 1 rings (SSSR count). The number of amides is 1. The highest BCUT2D eigenvalue weighted by Gasteiger charge is 2.17. The molecule has 0 saturated heterocycles. The number of hydrogen-bond acceptors (Lipinski definition) is 2. The van der Waals surface area contributed by atoms with E-state index in [0.29, 0.717) is 23.0 Å². The molecule has 21 heavy (non-hydrogen) atoms. The molecule has 6 heteroatoms. The Morgan fingerprint density at radius 3 is 2.48 bits per heavy atom. The SMILES string of the molecule is CC(C)C[C@H](CNC(=O)c1ccc(Cl)cc1Cl)CC(=O)O. The summed E-state index contributed by atoms with van der Waals surface area (Å²) in [4.78, 5) is 22.9. The van der Waals surface area contributed by atoms with Crippen LogP contribution in [0.4, 0.5) is 0 Å². The molecule has 2 N–H and O–H groups in total. The number of hydrogen-bond donors (Lipinski definition) is 2. The van der Waals surface area contributed by atoms with Gasteiger partial charge in [-0.25, -0.2) is 0 Å². The smallest absolute Gasteiger partial charge is 0.303 e. The van der Waals surface area contributed by atoms with Gasteiger partial charge in [0.05, 0.1) is 10.6 Å². The van der Waals surface area contributed by atoms with Crippen LogP contribution in [-0.4, -0.2) is 23.5 Å². The van der Waals surface area contributed by atoms with E-state index in [9.17, 15) is 9.59 Å². The van der Waals surface area contributed by atoms with Crippen LogP contribution in [0.25, 0.3) is 0 Å². The molecule has 0 bridgehead atoms. The van der Waals surface area contributed by atoms with Gasteiger partial charge in [0.2, 0.25) is 0 Å². The Labute approximate surface area is 134 Å². The highest BCUT2D eigenvalue weighted by atomic mass is 35.5. The molecule has 0 radical (unpaired) electrons. The number of halogens is 2. The van der Waals surface area contributed by atoms with E-state index < -0.39 is 5.97 Å².